The molecule has 0 fully saturated rings. The molecule has 16 heavy (non-hydrogen) atoms. The van der Waals surface area contributed by atoms with Gasteiger partial charge in [-0.05, 0) is 19.1 Å². The quantitative estimate of drug-likeness (QED) is 0.529. The lowest BCUT2D eigenvalue weighted by Gasteiger charge is -2.08. The van der Waals surface area contributed by atoms with Crippen molar-refractivity contribution in [2.75, 3.05) is 12.0 Å². The summed E-state index contributed by atoms with van der Waals surface area (Å²) in [6.07, 6.45) is 0. The summed E-state index contributed by atoms with van der Waals surface area (Å²) in [5.74, 6) is 0. The molecule has 0 spiro atoms. The fourth-order valence-corrected chi connectivity index (χ4v) is 1.00. The first-order valence-electron chi connectivity index (χ1n) is 4.67. The van der Waals surface area contributed by atoms with Crippen molar-refractivity contribution in [2.24, 2.45) is 0 Å². The molecule has 0 aliphatic heterocycles. The number of nitro groups is 1. The topological polar surface area (TPSA) is 96.3 Å². The molecule has 0 unspecified atom stereocenters. The van der Waals surface area contributed by atoms with Gasteiger partial charge in [0.1, 0.15) is 0 Å². The molecular weight excluding hydrogens is 212 g/mol. The number of nitrogens with zero attached hydrogens (tertiary/aromatic N) is 1. The molecule has 1 aromatic rings. The minimum absolute atomic E-state index is 0.00330. The number of rotatable bonds is 4. The largest absolute Gasteiger partial charge is 0.337 e. The second-order valence-corrected chi connectivity index (χ2v) is 2.91. The van der Waals surface area contributed by atoms with Gasteiger partial charge < -0.3 is 5.32 Å². The predicted octanol–water partition coefficient (Wildman–Crippen LogP) is 1.24. The van der Waals surface area contributed by atoms with Gasteiger partial charge in [-0.1, -0.05) is 0 Å². The van der Waals surface area contributed by atoms with E-state index in [1.54, 1.807) is 6.92 Å². The maximum Gasteiger partial charge on any atom is 0.333 e. The number of non-ortho nitro benzene ring substituents is 1. The predicted molar refractivity (Wildman–Crippen MR) is 58.9 cm³/mol. The van der Waals surface area contributed by atoms with E-state index in [-0.39, 0.29) is 11.7 Å². The number of hydrogen-bond acceptors (Lipinski definition) is 4. The summed E-state index contributed by atoms with van der Waals surface area (Å²) in [5, 5.41) is 12.9. The van der Waals surface area contributed by atoms with Gasteiger partial charge in [-0.3, -0.25) is 21.0 Å². The molecule has 0 heterocycles. The third-order valence-electron chi connectivity index (χ3n) is 1.74. The number of carbonyl (C=O) groups excluding carboxylic acids is 1. The molecule has 86 valence electrons. The SMILES string of the molecule is CCNC(=O)NNc1ccc([N+](=O)[O-])cc1. The fourth-order valence-electron chi connectivity index (χ4n) is 1.00. The van der Waals surface area contributed by atoms with Gasteiger partial charge >= 0.3 is 6.03 Å². The van der Waals surface area contributed by atoms with Crippen molar-refractivity contribution in [1.82, 2.24) is 10.7 Å². The summed E-state index contributed by atoms with van der Waals surface area (Å²) in [7, 11) is 0. The molecule has 0 saturated heterocycles. The summed E-state index contributed by atoms with van der Waals surface area (Å²) in [6, 6.07) is 5.35. The minimum atomic E-state index is -0.485. The zero-order valence-corrected chi connectivity index (χ0v) is 8.69. The van der Waals surface area contributed by atoms with E-state index in [1.807, 2.05) is 0 Å². The van der Waals surface area contributed by atoms with E-state index in [4.69, 9.17) is 0 Å². The van der Waals surface area contributed by atoms with Gasteiger partial charge in [-0.15, -0.1) is 0 Å². The summed E-state index contributed by atoms with van der Waals surface area (Å²) in [5.41, 5.74) is 5.56. The van der Waals surface area contributed by atoms with Crippen molar-refractivity contribution in [3.8, 4) is 0 Å². The van der Waals surface area contributed by atoms with Crippen LogP contribution in [-0.4, -0.2) is 17.5 Å². The maximum absolute atomic E-state index is 11.0. The van der Waals surface area contributed by atoms with Crippen molar-refractivity contribution in [3.05, 3.63) is 34.4 Å². The number of nitrogens with one attached hydrogen (secondary N) is 3. The summed E-state index contributed by atoms with van der Waals surface area (Å²) in [4.78, 5) is 20.9. The molecule has 1 aromatic carbocycles. The van der Waals surface area contributed by atoms with Gasteiger partial charge in [-0.25, -0.2) is 4.79 Å². The molecule has 0 saturated carbocycles. The van der Waals surface area contributed by atoms with E-state index >= 15 is 0 Å². The zero-order valence-electron chi connectivity index (χ0n) is 8.69. The van der Waals surface area contributed by atoms with Crippen LogP contribution in [0.15, 0.2) is 24.3 Å². The Labute approximate surface area is 92.0 Å². The van der Waals surface area contributed by atoms with Gasteiger partial charge in [0, 0.05) is 18.7 Å². The molecule has 7 heteroatoms. The highest BCUT2D eigenvalue weighted by molar-refractivity contribution is 5.75. The van der Waals surface area contributed by atoms with E-state index < -0.39 is 4.92 Å². The first kappa shape index (κ1) is 11.8. The molecule has 0 atom stereocenters. The molecular formula is C9H12N4O3. The van der Waals surface area contributed by atoms with E-state index in [0.717, 1.165) is 0 Å². The number of hydrazine groups is 1. The zero-order chi connectivity index (χ0) is 12.0. The summed E-state index contributed by atoms with van der Waals surface area (Å²) in [6.45, 7) is 2.32. The Hall–Kier alpha value is -2.31. The van der Waals surface area contributed by atoms with Crippen molar-refractivity contribution in [3.63, 3.8) is 0 Å². The van der Waals surface area contributed by atoms with Crippen LogP contribution >= 0.6 is 0 Å². The summed E-state index contributed by atoms with van der Waals surface area (Å²) < 4.78 is 0. The molecule has 0 aliphatic carbocycles. The molecule has 0 aromatic heterocycles. The molecule has 2 amide bonds. The van der Waals surface area contributed by atoms with E-state index in [0.29, 0.717) is 12.2 Å². The van der Waals surface area contributed by atoms with Gasteiger partial charge in [0.15, 0.2) is 0 Å². The Morgan fingerprint density at radius 3 is 2.50 bits per heavy atom. The Morgan fingerprint density at radius 2 is 2.00 bits per heavy atom. The Morgan fingerprint density at radius 1 is 1.38 bits per heavy atom. The highest BCUT2D eigenvalue weighted by Gasteiger charge is 2.03. The number of urea groups is 1. The lowest BCUT2D eigenvalue weighted by atomic mass is 10.3. The number of amides is 2. The van der Waals surface area contributed by atoms with Crippen LogP contribution in [0.2, 0.25) is 0 Å². The Bertz CT molecular complexity index is 377. The third kappa shape index (κ3) is 3.45. The van der Waals surface area contributed by atoms with Crippen LogP contribution in [0, 0.1) is 10.1 Å². The molecule has 7 nitrogen and oxygen atoms in total. The fraction of sp³-hybridized carbons (Fsp3) is 0.222. The van der Waals surface area contributed by atoms with Gasteiger partial charge in [-0.2, -0.15) is 0 Å². The second-order valence-electron chi connectivity index (χ2n) is 2.91. The number of anilines is 1. The first-order valence-corrected chi connectivity index (χ1v) is 4.67. The number of nitro benzene ring substituents is 1. The smallest absolute Gasteiger partial charge is 0.333 e. The van der Waals surface area contributed by atoms with Crippen molar-refractivity contribution < 1.29 is 9.72 Å². The highest BCUT2D eigenvalue weighted by atomic mass is 16.6. The molecule has 1 rings (SSSR count). The molecule has 0 aliphatic rings. The second kappa shape index (κ2) is 5.54. The molecule has 0 bridgehead atoms. The third-order valence-corrected chi connectivity index (χ3v) is 1.74. The van der Waals surface area contributed by atoms with E-state index in [9.17, 15) is 14.9 Å². The van der Waals surface area contributed by atoms with Crippen LogP contribution in [0.3, 0.4) is 0 Å². The molecule has 0 radical (unpaired) electrons. The monoisotopic (exact) mass is 224 g/mol. The van der Waals surface area contributed by atoms with E-state index in [2.05, 4.69) is 16.2 Å². The van der Waals surface area contributed by atoms with Crippen LogP contribution < -0.4 is 16.2 Å². The Balaban J connectivity index is 2.49. The van der Waals surface area contributed by atoms with Crippen LogP contribution in [-0.2, 0) is 0 Å². The number of carbonyl (C=O) groups is 1. The van der Waals surface area contributed by atoms with Crippen molar-refractivity contribution >= 4 is 17.4 Å². The average molecular weight is 224 g/mol. The van der Waals surface area contributed by atoms with Crippen molar-refractivity contribution in [2.45, 2.75) is 6.92 Å². The normalized spacial score (nSPS) is 9.31. The van der Waals surface area contributed by atoms with Gasteiger partial charge in [0.25, 0.3) is 5.69 Å². The number of hydrogen-bond donors (Lipinski definition) is 3. The van der Waals surface area contributed by atoms with E-state index in [1.165, 1.54) is 24.3 Å². The molecule has 3 N–H and O–H groups in total. The van der Waals surface area contributed by atoms with Crippen LogP contribution in [0.4, 0.5) is 16.2 Å². The maximum atomic E-state index is 11.0. The van der Waals surface area contributed by atoms with Gasteiger partial charge in [0.2, 0.25) is 0 Å². The standard InChI is InChI=1S/C9H12N4O3/c1-2-10-9(14)12-11-7-3-5-8(6-4-7)13(15)16/h3-6,11H,2H2,1H3,(H2,10,12,14). The van der Waals surface area contributed by atoms with Crippen molar-refractivity contribution in [1.29, 1.82) is 0 Å². The first-order chi connectivity index (χ1) is 7.63. The lowest BCUT2D eigenvalue weighted by Crippen LogP contribution is -2.38. The lowest BCUT2D eigenvalue weighted by molar-refractivity contribution is -0.384. The highest BCUT2D eigenvalue weighted by Crippen LogP contribution is 2.14. The van der Waals surface area contributed by atoms with Crippen LogP contribution in [0.25, 0.3) is 0 Å². The van der Waals surface area contributed by atoms with Crippen LogP contribution in [0.5, 0.6) is 0 Å². The Kier molecular flexibility index (Phi) is 4.07. The average Bonchev–Trinajstić information content (AvgIpc) is 2.27. The number of benzene rings is 1. The van der Waals surface area contributed by atoms with Gasteiger partial charge in [0.05, 0.1) is 10.6 Å². The van der Waals surface area contributed by atoms with Crippen LogP contribution in [0.1, 0.15) is 6.92 Å². The minimum Gasteiger partial charge on any atom is -0.337 e. The summed E-state index contributed by atoms with van der Waals surface area (Å²) >= 11 is 0.